The van der Waals surface area contributed by atoms with Gasteiger partial charge in [0.15, 0.2) is 0 Å². The van der Waals surface area contributed by atoms with Crippen molar-refractivity contribution in [2.24, 2.45) is 0 Å². The lowest BCUT2D eigenvalue weighted by molar-refractivity contribution is -0.385. The molecule has 0 saturated carbocycles. The van der Waals surface area contributed by atoms with E-state index < -0.39 is 29.2 Å². The summed E-state index contributed by atoms with van der Waals surface area (Å²) in [4.78, 5) is 25.8. The molecule has 1 aromatic rings. The number of nitrogens with one attached hydrogen (secondary N) is 1. The third kappa shape index (κ3) is 3.80. The molecule has 0 radical (unpaired) electrons. The Morgan fingerprint density at radius 3 is 2.60 bits per heavy atom. The number of carbonyl (C=O) groups is 1. The zero-order valence-electron chi connectivity index (χ0n) is 10.6. The van der Waals surface area contributed by atoms with Crippen molar-refractivity contribution in [3.05, 3.63) is 27.9 Å². The molecule has 0 aromatic carbocycles. The van der Waals surface area contributed by atoms with Crippen molar-refractivity contribution in [1.82, 2.24) is 9.88 Å². The Morgan fingerprint density at radius 1 is 1.55 bits per heavy atom. The minimum absolute atomic E-state index is 0.0328. The first kappa shape index (κ1) is 15.7. The Hall–Kier alpha value is -2.39. The third-order valence-corrected chi connectivity index (χ3v) is 2.31. The quantitative estimate of drug-likeness (QED) is 0.673. The Balaban J connectivity index is 3.13. The summed E-state index contributed by atoms with van der Waals surface area (Å²) in [5.74, 6) is -1.04. The fourth-order valence-corrected chi connectivity index (χ4v) is 1.46. The van der Waals surface area contributed by atoms with Crippen molar-refractivity contribution in [3.8, 4) is 0 Å². The van der Waals surface area contributed by atoms with Gasteiger partial charge in [0.05, 0.1) is 10.5 Å². The predicted octanol–water partition coefficient (Wildman–Crippen LogP) is 1.67. The van der Waals surface area contributed by atoms with E-state index in [2.05, 4.69) is 10.3 Å². The molecular formula is C10H11F3N4O3. The molecule has 10 heteroatoms. The van der Waals surface area contributed by atoms with Gasteiger partial charge >= 0.3 is 6.18 Å². The number of rotatable bonds is 4. The van der Waals surface area contributed by atoms with Gasteiger partial charge < -0.3 is 10.2 Å². The summed E-state index contributed by atoms with van der Waals surface area (Å²) in [6, 6.07) is 0.883. The molecule has 0 aliphatic rings. The first-order chi connectivity index (χ1) is 9.15. The van der Waals surface area contributed by atoms with Crippen LogP contribution in [-0.2, 0) is 0 Å². The number of alkyl halides is 3. The number of nitro groups is 1. The average Bonchev–Trinajstić information content (AvgIpc) is 2.34. The zero-order chi connectivity index (χ0) is 15.5. The molecule has 0 aliphatic carbocycles. The lowest BCUT2D eigenvalue weighted by Gasteiger charge is -2.19. The van der Waals surface area contributed by atoms with E-state index in [0.29, 0.717) is 4.90 Å². The molecule has 1 N–H and O–H groups in total. The van der Waals surface area contributed by atoms with Crippen molar-refractivity contribution >= 4 is 17.4 Å². The average molecular weight is 292 g/mol. The van der Waals surface area contributed by atoms with Crippen LogP contribution in [0.3, 0.4) is 0 Å². The van der Waals surface area contributed by atoms with Gasteiger partial charge in [-0.1, -0.05) is 0 Å². The van der Waals surface area contributed by atoms with Gasteiger partial charge in [-0.2, -0.15) is 13.2 Å². The molecule has 1 heterocycles. The Morgan fingerprint density at radius 2 is 2.15 bits per heavy atom. The molecule has 1 aromatic heterocycles. The first-order valence-corrected chi connectivity index (χ1v) is 5.30. The van der Waals surface area contributed by atoms with Crippen molar-refractivity contribution in [2.45, 2.75) is 6.18 Å². The fourth-order valence-electron chi connectivity index (χ4n) is 1.46. The van der Waals surface area contributed by atoms with Crippen LogP contribution in [0.15, 0.2) is 12.3 Å². The van der Waals surface area contributed by atoms with Gasteiger partial charge in [-0.3, -0.25) is 14.9 Å². The number of amides is 1. The SMILES string of the molecule is CNc1ncc([N+](=O)[O-])cc1C(=O)N(C)CC(F)(F)F. The van der Waals surface area contributed by atoms with E-state index in [0.717, 1.165) is 19.3 Å². The minimum Gasteiger partial charge on any atom is -0.372 e. The maximum Gasteiger partial charge on any atom is 0.406 e. The number of pyridine rings is 1. The molecule has 0 saturated heterocycles. The lowest BCUT2D eigenvalue weighted by Crippen LogP contribution is -2.36. The molecule has 1 rings (SSSR count). The summed E-state index contributed by atoms with van der Waals surface area (Å²) in [6.45, 7) is -1.46. The minimum atomic E-state index is -4.56. The number of hydrogen-bond acceptors (Lipinski definition) is 5. The summed E-state index contributed by atoms with van der Waals surface area (Å²) < 4.78 is 36.7. The third-order valence-electron chi connectivity index (χ3n) is 2.31. The van der Waals surface area contributed by atoms with Crippen LogP contribution in [0.1, 0.15) is 10.4 Å². The van der Waals surface area contributed by atoms with E-state index in [1.165, 1.54) is 7.05 Å². The van der Waals surface area contributed by atoms with Crippen molar-refractivity contribution in [2.75, 3.05) is 26.0 Å². The zero-order valence-corrected chi connectivity index (χ0v) is 10.6. The van der Waals surface area contributed by atoms with E-state index in [9.17, 15) is 28.1 Å². The van der Waals surface area contributed by atoms with Crippen LogP contribution in [0.25, 0.3) is 0 Å². The first-order valence-electron chi connectivity index (χ1n) is 5.30. The van der Waals surface area contributed by atoms with E-state index in [-0.39, 0.29) is 11.4 Å². The summed E-state index contributed by atoms with van der Waals surface area (Å²) in [6.07, 6.45) is -3.65. The summed E-state index contributed by atoms with van der Waals surface area (Å²) in [5.41, 5.74) is -0.777. The monoisotopic (exact) mass is 292 g/mol. The smallest absolute Gasteiger partial charge is 0.372 e. The topological polar surface area (TPSA) is 88.4 Å². The molecule has 7 nitrogen and oxygen atoms in total. The van der Waals surface area contributed by atoms with E-state index in [1.807, 2.05) is 0 Å². The molecule has 110 valence electrons. The Labute approximate surface area is 111 Å². The van der Waals surface area contributed by atoms with Crippen molar-refractivity contribution < 1.29 is 22.9 Å². The summed E-state index contributed by atoms with van der Waals surface area (Å²) >= 11 is 0. The Kier molecular flexibility index (Phi) is 4.48. The number of anilines is 1. The van der Waals surface area contributed by atoms with E-state index >= 15 is 0 Å². The highest BCUT2D eigenvalue weighted by Crippen LogP contribution is 2.22. The van der Waals surface area contributed by atoms with Gasteiger partial charge in [0.1, 0.15) is 18.6 Å². The van der Waals surface area contributed by atoms with Gasteiger partial charge in [-0.25, -0.2) is 4.98 Å². The van der Waals surface area contributed by atoms with Crippen molar-refractivity contribution in [1.29, 1.82) is 0 Å². The summed E-state index contributed by atoms with van der Waals surface area (Å²) in [7, 11) is 2.35. The molecule has 0 atom stereocenters. The van der Waals surface area contributed by atoms with Gasteiger partial charge in [0.2, 0.25) is 0 Å². The van der Waals surface area contributed by atoms with E-state index in [1.54, 1.807) is 0 Å². The maximum atomic E-state index is 12.2. The highest BCUT2D eigenvalue weighted by molar-refractivity contribution is 5.99. The largest absolute Gasteiger partial charge is 0.406 e. The lowest BCUT2D eigenvalue weighted by atomic mass is 10.2. The predicted molar refractivity (Wildman–Crippen MR) is 63.5 cm³/mol. The van der Waals surface area contributed by atoms with Crippen LogP contribution in [0.2, 0.25) is 0 Å². The molecule has 0 unspecified atom stereocenters. The maximum absolute atomic E-state index is 12.2. The molecule has 0 aliphatic heterocycles. The molecule has 1 amide bonds. The van der Waals surface area contributed by atoms with Crippen LogP contribution in [0.4, 0.5) is 24.7 Å². The number of carbonyl (C=O) groups excluding carboxylic acids is 1. The van der Waals surface area contributed by atoms with Gasteiger partial charge in [-0.05, 0) is 0 Å². The number of aromatic nitrogens is 1. The molecule has 0 spiro atoms. The van der Waals surface area contributed by atoms with Gasteiger partial charge in [0.25, 0.3) is 11.6 Å². The summed E-state index contributed by atoms with van der Waals surface area (Å²) in [5, 5.41) is 13.1. The number of nitrogens with zero attached hydrogens (tertiary/aromatic N) is 3. The van der Waals surface area contributed by atoms with Crippen LogP contribution < -0.4 is 5.32 Å². The van der Waals surface area contributed by atoms with Crippen molar-refractivity contribution in [3.63, 3.8) is 0 Å². The number of hydrogen-bond donors (Lipinski definition) is 1. The number of halogens is 3. The van der Waals surface area contributed by atoms with Gasteiger partial charge in [-0.15, -0.1) is 0 Å². The molecule has 0 bridgehead atoms. The van der Waals surface area contributed by atoms with Crippen LogP contribution >= 0.6 is 0 Å². The van der Waals surface area contributed by atoms with Crippen LogP contribution in [0, 0.1) is 10.1 Å². The Bertz CT molecular complexity index is 533. The second kappa shape index (κ2) is 5.72. The molecule has 20 heavy (non-hydrogen) atoms. The highest BCUT2D eigenvalue weighted by atomic mass is 19.4. The fraction of sp³-hybridized carbons (Fsp3) is 0.400. The second-order valence-electron chi connectivity index (χ2n) is 3.87. The highest BCUT2D eigenvalue weighted by Gasteiger charge is 2.32. The second-order valence-corrected chi connectivity index (χ2v) is 3.87. The molecular weight excluding hydrogens is 281 g/mol. The van der Waals surface area contributed by atoms with Gasteiger partial charge in [0, 0.05) is 20.2 Å². The standard InChI is InChI=1S/C10H11F3N4O3/c1-14-8-7(3-6(4-15-8)17(19)20)9(18)16(2)5-10(11,12)13/h3-4H,5H2,1-2H3,(H,14,15). The normalized spacial score (nSPS) is 11.1. The van der Waals surface area contributed by atoms with Crippen LogP contribution in [-0.4, -0.2) is 47.5 Å². The van der Waals surface area contributed by atoms with Crippen LogP contribution in [0.5, 0.6) is 0 Å². The van der Waals surface area contributed by atoms with E-state index in [4.69, 9.17) is 0 Å². The molecule has 0 fully saturated rings.